The lowest BCUT2D eigenvalue weighted by Gasteiger charge is -2.47. The first kappa shape index (κ1) is 13.4. The normalized spacial score (nSPS) is 21.5. The zero-order chi connectivity index (χ0) is 14.5. The number of rotatable bonds is 2. The van der Waals surface area contributed by atoms with Crippen molar-refractivity contribution >= 4 is 5.91 Å². The smallest absolute Gasteiger partial charge is 0.386 e. The summed E-state index contributed by atoms with van der Waals surface area (Å²) in [5.74, 6) is -0.465. The van der Waals surface area contributed by atoms with Gasteiger partial charge in [-0.15, -0.1) is 0 Å². The van der Waals surface area contributed by atoms with Gasteiger partial charge in [0.05, 0.1) is 24.2 Å². The SMILES string of the molecule is O=C(c1ccccc1C(F)(F)F)N1CC(O)(C2CC2)C1. The largest absolute Gasteiger partial charge is 0.417 e. The van der Waals surface area contributed by atoms with E-state index in [1.165, 1.54) is 23.1 Å². The fraction of sp³-hybridized carbons (Fsp3) is 0.500. The van der Waals surface area contributed by atoms with Gasteiger partial charge in [-0.25, -0.2) is 0 Å². The molecule has 1 aliphatic carbocycles. The standard InChI is InChI=1S/C14H14F3NO2/c15-14(16,17)11-4-2-1-3-10(11)12(19)18-7-13(20,8-18)9-5-6-9/h1-4,9,20H,5-8H2. The number of halogens is 3. The predicted molar refractivity (Wildman–Crippen MR) is 65.0 cm³/mol. The molecule has 3 nitrogen and oxygen atoms in total. The van der Waals surface area contributed by atoms with Gasteiger partial charge in [0, 0.05) is 0 Å². The Hall–Kier alpha value is -1.56. The molecule has 1 aliphatic heterocycles. The molecular formula is C14H14F3NO2. The molecular weight excluding hydrogens is 271 g/mol. The van der Waals surface area contributed by atoms with E-state index in [0.29, 0.717) is 0 Å². The van der Waals surface area contributed by atoms with Crippen LogP contribution in [-0.2, 0) is 6.18 Å². The van der Waals surface area contributed by atoms with Crippen molar-refractivity contribution in [3.8, 4) is 0 Å². The summed E-state index contributed by atoms with van der Waals surface area (Å²) in [5, 5.41) is 10.1. The fourth-order valence-corrected chi connectivity index (χ4v) is 2.72. The van der Waals surface area contributed by atoms with Crippen molar-refractivity contribution in [1.29, 1.82) is 0 Å². The Morgan fingerprint density at radius 2 is 1.85 bits per heavy atom. The van der Waals surface area contributed by atoms with Crippen LogP contribution >= 0.6 is 0 Å². The molecule has 0 unspecified atom stereocenters. The summed E-state index contributed by atoms with van der Waals surface area (Å²) in [7, 11) is 0. The molecule has 1 amide bonds. The third-order valence-corrected chi connectivity index (χ3v) is 4.02. The van der Waals surface area contributed by atoms with E-state index in [1.807, 2.05) is 0 Å². The molecule has 1 saturated heterocycles. The van der Waals surface area contributed by atoms with Gasteiger partial charge in [-0.1, -0.05) is 12.1 Å². The molecule has 6 heteroatoms. The zero-order valence-electron chi connectivity index (χ0n) is 10.7. The van der Waals surface area contributed by atoms with Crippen LogP contribution in [0.4, 0.5) is 13.2 Å². The van der Waals surface area contributed by atoms with Crippen LogP contribution in [0.2, 0.25) is 0 Å². The molecule has 1 heterocycles. The van der Waals surface area contributed by atoms with Crippen LogP contribution in [0.1, 0.15) is 28.8 Å². The first-order chi connectivity index (χ1) is 9.31. The summed E-state index contributed by atoms with van der Waals surface area (Å²) < 4.78 is 38.6. The minimum Gasteiger partial charge on any atom is -0.386 e. The van der Waals surface area contributed by atoms with Crippen molar-refractivity contribution in [3.05, 3.63) is 35.4 Å². The average Bonchev–Trinajstić information content (AvgIpc) is 3.17. The van der Waals surface area contributed by atoms with Gasteiger partial charge >= 0.3 is 6.18 Å². The van der Waals surface area contributed by atoms with Crippen LogP contribution in [0, 0.1) is 5.92 Å². The highest BCUT2D eigenvalue weighted by molar-refractivity contribution is 5.96. The first-order valence-electron chi connectivity index (χ1n) is 6.49. The maximum absolute atomic E-state index is 12.9. The van der Waals surface area contributed by atoms with Gasteiger partial charge in [-0.2, -0.15) is 13.2 Å². The Kier molecular flexibility index (Phi) is 2.83. The Morgan fingerprint density at radius 1 is 1.25 bits per heavy atom. The van der Waals surface area contributed by atoms with E-state index in [9.17, 15) is 23.1 Å². The van der Waals surface area contributed by atoms with Crippen molar-refractivity contribution in [3.63, 3.8) is 0 Å². The predicted octanol–water partition coefficient (Wildman–Crippen LogP) is 2.30. The highest BCUT2D eigenvalue weighted by atomic mass is 19.4. The Labute approximate surface area is 114 Å². The quantitative estimate of drug-likeness (QED) is 0.905. The van der Waals surface area contributed by atoms with Gasteiger partial charge in [-0.05, 0) is 30.9 Å². The minimum atomic E-state index is -4.55. The van der Waals surface area contributed by atoms with Crippen LogP contribution in [0.3, 0.4) is 0 Å². The summed E-state index contributed by atoms with van der Waals surface area (Å²) in [6.45, 7) is 0.255. The summed E-state index contributed by atoms with van der Waals surface area (Å²) in [5.41, 5.74) is -2.16. The van der Waals surface area contributed by atoms with Crippen molar-refractivity contribution in [2.75, 3.05) is 13.1 Å². The second kappa shape index (κ2) is 4.22. The van der Waals surface area contributed by atoms with Crippen molar-refractivity contribution in [1.82, 2.24) is 4.90 Å². The number of hydrogen-bond donors (Lipinski definition) is 1. The van der Waals surface area contributed by atoms with Gasteiger partial charge in [-0.3, -0.25) is 4.79 Å². The number of carbonyl (C=O) groups is 1. The van der Waals surface area contributed by atoms with Crippen molar-refractivity contribution in [2.24, 2.45) is 5.92 Å². The summed E-state index contributed by atoms with van der Waals surface area (Å²) in [6.07, 6.45) is -2.70. The third kappa shape index (κ3) is 2.18. The van der Waals surface area contributed by atoms with Crippen LogP contribution in [0.5, 0.6) is 0 Å². The molecule has 0 aromatic heterocycles. The van der Waals surface area contributed by atoms with E-state index in [1.54, 1.807) is 0 Å². The summed E-state index contributed by atoms with van der Waals surface area (Å²) in [6, 6.07) is 4.76. The molecule has 2 aliphatic rings. The molecule has 0 bridgehead atoms. The highest BCUT2D eigenvalue weighted by Gasteiger charge is 2.53. The zero-order valence-corrected chi connectivity index (χ0v) is 10.7. The first-order valence-corrected chi connectivity index (χ1v) is 6.49. The lowest BCUT2D eigenvalue weighted by Crippen LogP contribution is -2.64. The topological polar surface area (TPSA) is 40.5 Å². The lowest BCUT2D eigenvalue weighted by molar-refractivity contribution is -0.138. The minimum absolute atomic E-state index is 0.128. The van der Waals surface area contributed by atoms with Gasteiger partial charge < -0.3 is 10.0 Å². The average molecular weight is 285 g/mol. The number of likely N-dealkylation sites (tertiary alicyclic amines) is 1. The molecule has 2 fully saturated rings. The Morgan fingerprint density at radius 3 is 2.40 bits per heavy atom. The van der Waals surface area contributed by atoms with Crippen molar-refractivity contribution in [2.45, 2.75) is 24.6 Å². The number of hydrogen-bond acceptors (Lipinski definition) is 2. The van der Waals surface area contributed by atoms with Crippen LogP contribution in [0.15, 0.2) is 24.3 Å². The Bertz CT molecular complexity index is 546. The number of aliphatic hydroxyl groups is 1. The molecule has 108 valence electrons. The summed E-state index contributed by atoms with van der Waals surface area (Å²) >= 11 is 0. The molecule has 20 heavy (non-hydrogen) atoms. The number of benzene rings is 1. The van der Waals surface area contributed by atoms with Crippen molar-refractivity contribution < 1.29 is 23.1 Å². The van der Waals surface area contributed by atoms with E-state index in [0.717, 1.165) is 18.9 Å². The van der Waals surface area contributed by atoms with E-state index < -0.39 is 23.2 Å². The molecule has 3 rings (SSSR count). The molecule has 1 aromatic carbocycles. The monoisotopic (exact) mass is 285 g/mol. The second-order valence-electron chi connectivity index (χ2n) is 5.58. The maximum Gasteiger partial charge on any atom is 0.417 e. The third-order valence-electron chi connectivity index (χ3n) is 4.02. The van der Waals surface area contributed by atoms with E-state index in [4.69, 9.17) is 0 Å². The highest BCUT2D eigenvalue weighted by Crippen LogP contribution is 2.45. The molecule has 0 radical (unpaired) electrons. The summed E-state index contributed by atoms with van der Waals surface area (Å²) in [4.78, 5) is 13.4. The second-order valence-corrected chi connectivity index (χ2v) is 5.58. The maximum atomic E-state index is 12.9. The van der Waals surface area contributed by atoms with Gasteiger partial charge in [0.2, 0.25) is 0 Å². The van der Waals surface area contributed by atoms with E-state index >= 15 is 0 Å². The number of carbonyl (C=O) groups excluding carboxylic acids is 1. The van der Waals surface area contributed by atoms with E-state index in [-0.39, 0.29) is 24.6 Å². The van der Waals surface area contributed by atoms with Gasteiger partial charge in [0.25, 0.3) is 5.91 Å². The molecule has 0 spiro atoms. The number of β-amino-alcohol motifs (C(OH)–C–C–N with tert-alkyl or cyclic N) is 1. The van der Waals surface area contributed by atoms with Gasteiger partial charge in [0.15, 0.2) is 0 Å². The Balaban J connectivity index is 1.79. The molecule has 0 atom stereocenters. The molecule has 1 aromatic rings. The number of amides is 1. The van der Waals surface area contributed by atoms with Gasteiger partial charge in [0.1, 0.15) is 5.60 Å². The molecule has 1 saturated carbocycles. The number of alkyl halides is 3. The lowest BCUT2D eigenvalue weighted by atomic mass is 9.88. The van der Waals surface area contributed by atoms with Crippen LogP contribution < -0.4 is 0 Å². The molecule has 1 N–H and O–H groups in total. The van der Waals surface area contributed by atoms with Crippen LogP contribution in [-0.4, -0.2) is 34.6 Å². The van der Waals surface area contributed by atoms with Crippen LogP contribution in [0.25, 0.3) is 0 Å². The van der Waals surface area contributed by atoms with E-state index in [2.05, 4.69) is 0 Å². The number of nitrogens with zero attached hydrogens (tertiary/aromatic N) is 1. The fourth-order valence-electron chi connectivity index (χ4n) is 2.72.